The van der Waals surface area contributed by atoms with Gasteiger partial charge < -0.3 is 4.90 Å². The second-order valence-electron chi connectivity index (χ2n) is 5.24. The molecule has 1 heterocycles. The zero-order valence-corrected chi connectivity index (χ0v) is 12.8. The van der Waals surface area contributed by atoms with E-state index in [1.807, 2.05) is 12.1 Å². The van der Waals surface area contributed by atoms with E-state index in [2.05, 4.69) is 4.90 Å². The number of para-hydroxylation sites is 1. The summed E-state index contributed by atoms with van der Waals surface area (Å²) in [5, 5.41) is 0. The number of hydrogen-bond acceptors (Lipinski definition) is 4. The molecule has 0 bridgehead atoms. The van der Waals surface area contributed by atoms with Gasteiger partial charge in [-0.25, -0.2) is 8.42 Å². The molecule has 1 aliphatic heterocycles. The fraction of sp³-hybridized carbons (Fsp3) is 0.533. The Morgan fingerprint density at radius 3 is 2.40 bits per heavy atom. The van der Waals surface area contributed by atoms with Gasteiger partial charge >= 0.3 is 0 Å². The Labute approximate surface area is 120 Å². The lowest BCUT2D eigenvalue weighted by molar-refractivity contribution is -0.121. The van der Waals surface area contributed by atoms with Crippen LogP contribution in [0.15, 0.2) is 29.2 Å². The highest BCUT2D eigenvalue weighted by Gasteiger charge is 2.26. The number of carbonyl (C=O) groups excluding carboxylic acids is 1. The van der Waals surface area contributed by atoms with Crippen LogP contribution >= 0.6 is 0 Å². The first-order valence-corrected chi connectivity index (χ1v) is 8.68. The summed E-state index contributed by atoms with van der Waals surface area (Å²) in [5.74, 6) is 0.466. The summed E-state index contributed by atoms with van der Waals surface area (Å²) < 4.78 is 24.3. The van der Waals surface area contributed by atoms with Crippen LogP contribution in [0, 0.1) is 5.92 Å². The van der Waals surface area contributed by atoms with Gasteiger partial charge in [0.25, 0.3) is 0 Å². The highest BCUT2D eigenvalue weighted by atomic mass is 32.2. The van der Waals surface area contributed by atoms with Gasteiger partial charge in [-0.2, -0.15) is 0 Å². The molecule has 1 fully saturated rings. The van der Waals surface area contributed by atoms with Crippen LogP contribution in [0.1, 0.15) is 26.7 Å². The van der Waals surface area contributed by atoms with Crippen LogP contribution in [0.5, 0.6) is 0 Å². The molecule has 0 radical (unpaired) electrons. The molecule has 1 aromatic carbocycles. The van der Waals surface area contributed by atoms with Crippen molar-refractivity contribution in [2.45, 2.75) is 31.6 Å². The highest BCUT2D eigenvalue weighted by Crippen LogP contribution is 2.30. The Balaban J connectivity index is 2.25. The summed E-state index contributed by atoms with van der Waals surface area (Å²) in [5.41, 5.74) is 0.774. The van der Waals surface area contributed by atoms with E-state index in [0.29, 0.717) is 4.90 Å². The number of ketones is 1. The lowest BCUT2D eigenvalue weighted by Crippen LogP contribution is -2.36. The number of carbonyl (C=O) groups is 1. The van der Waals surface area contributed by atoms with Crippen molar-refractivity contribution in [3.05, 3.63) is 24.3 Å². The molecule has 110 valence electrons. The third-order valence-electron chi connectivity index (χ3n) is 3.99. The van der Waals surface area contributed by atoms with Crippen LogP contribution in [0.3, 0.4) is 0 Å². The molecule has 4 nitrogen and oxygen atoms in total. The summed E-state index contributed by atoms with van der Waals surface area (Å²) in [6, 6.07) is 7.15. The number of anilines is 1. The van der Waals surface area contributed by atoms with Crippen LogP contribution in [-0.4, -0.2) is 33.0 Å². The van der Waals surface area contributed by atoms with Gasteiger partial charge in [-0.05, 0) is 31.9 Å². The van der Waals surface area contributed by atoms with E-state index in [1.165, 1.54) is 0 Å². The van der Waals surface area contributed by atoms with Crippen molar-refractivity contribution < 1.29 is 13.2 Å². The molecular weight excluding hydrogens is 274 g/mol. The number of nitrogens with zero attached hydrogens (tertiary/aromatic N) is 1. The van der Waals surface area contributed by atoms with Crippen LogP contribution in [0.2, 0.25) is 0 Å². The van der Waals surface area contributed by atoms with E-state index in [9.17, 15) is 13.2 Å². The van der Waals surface area contributed by atoms with Crippen molar-refractivity contribution >= 4 is 21.3 Å². The number of rotatable bonds is 4. The monoisotopic (exact) mass is 295 g/mol. The van der Waals surface area contributed by atoms with E-state index < -0.39 is 9.84 Å². The van der Waals surface area contributed by atoms with Gasteiger partial charge in [0.1, 0.15) is 5.78 Å². The lowest BCUT2D eigenvalue weighted by Gasteiger charge is -2.33. The minimum atomic E-state index is -3.22. The van der Waals surface area contributed by atoms with E-state index in [4.69, 9.17) is 0 Å². The van der Waals surface area contributed by atoms with E-state index in [-0.39, 0.29) is 17.5 Å². The standard InChI is InChI=1S/C15H21NO3S/c1-3-20(18,19)15-7-5-4-6-14(15)16-10-8-13(9-11-16)12(2)17/h4-7,13H,3,8-11H2,1-2H3. The van der Waals surface area contributed by atoms with Crippen LogP contribution < -0.4 is 4.90 Å². The van der Waals surface area contributed by atoms with Gasteiger partial charge in [-0.1, -0.05) is 19.1 Å². The van der Waals surface area contributed by atoms with Gasteiger partial charge in [0.05, 0.1) is 16.3 Å². The van der Waals surface area contributed by atoms with Gasteiger partial charge in [0.2, 0.25) is 0 Å². The predicted molar refractivity (Wildman–Crippen MR) is 79.8 cm³/mol. The quantitative estimate of drug-likeness (QED) is 0.855. The molecule has 0 amide bonds. The maximum absolute atomic E-state index is 12.2. The first-order valence-electron chi connectivity index (χ1n) is 7.03. The first kappa shape index (κ1) is 15.0. The van der Waals surface area contributed by atoms with Crippen molar-refractivity contribution in [3.8, 4) is 0 Å². The Hall–Kier alpha value is -1.36. The fourth-order valence-electron chi connectivity index (χ4n) is 2.66. The summed E-state index contributed by atoms with van der Waals surface area (Å²) in [6.45, 7) is 4.77. The van der Waals surface area contributed by atoms with Gasteiger partial charge in [-0.3, -0.25) is 4.79 Å². The summed E-state index contributed by atoms with van der Waals surface area (Å²) >= 11 is 0. The molecule has 0 aliphatic carbocycles. The van der Waals surface area contributed by atoms with Gasteiger partial charge in [0, 0.05) is 19.0 Å². The van der Waals surface area contributed by atoms with Gasteiger partial charge in [-0.15, -0.1) is 0 Å². The SMILES string of the molecule is CCS(=O)(=O)c1ccccc1N1CCC(C(C)=O)CC1. The molecule has 1 aliphatic rings. The molecule has 0 saturated carbocycles. The topological polar surface area (TPSA) is 54.5 Å². The van der Waals surface area contributed by atoms with Crippen molar-refractivity contribution in [2.75, 3.05) is 23.7 Å². The Morgan fingerprint density at radius 2 is 1.85 bits per heavy atom. The van der Waals surface area contributed by atoms with Crippen molar-refractivity contribution in [1.82, 2.24) is 0 Å². The Kier molecular flexibility index (Phi) is 4.48. The molecule has 2 rings (SSSR count). The lowest BCUT2D eigenvalue weighted by atomic mass is 9.93. The maximum atomic E-state index is 12.2. The van der Waals surface area contributed by atoms with Crippen LogP contribution in [-0.2, 0) is 14.6 Å². The molecule has 0 N–H and O–H groups in total. The molecular formula is C15H21NO3S. The minimum absolute atomic E-state index is 0.105. The maximum Gasteiger partial charge on any atom is 0.180 e. The molecule has 0 aromatic heterocycles. The highest BCUT2D eigenvalue weighted by molar-refractivity contribution is 7.91. The fourth-order valence-corrected chi connectivity index (χ4v) is 3.78. The van der Waals surface area contributed by atoms with E-state index in [0.717, 1.165) is 31.6 Å². The van der Waals surface area contributed by atoms with Crippen molar-refractivity contribution in [3.63, 3.8) is 0 Å². The number of benzene rings is 1. The average Bonchev–Trinajstić information content (AvgIpc) is 2.47. The number of sulfone groups is 1. The molecule has 20 heavy (non-hydrogen) atoms. The van der Waals surface area contributed by atoms with Crippen molar-refractivity contribution in [2.24, 2.45) is 5.92 Å². The zero-order chi connectivity index (χ0) is 14.8. The predicted octanol–water partition coefficient (Wildman–Crippen LogP) is 2.29. The molecule has 1 aromatic rings. The zero-order valence-electron chi connectivity index (χ0n) is 12.0. The van der Waals surface area contributed by atoms with Gasteiger partial charge in [0.15, 0.2) is 9.84 Å². The molecule has 5 heteroatoms. The number of hydrogen-bond donors (Lipinski definition) is 0. The Bertz CT molecular complexity index is 587. The van der Waals surface area contributed by atoms with Crippen LogP contribution in [0.4, 0.5) is 5.69 Å². The largest absolute Gasteiger partial charge is 0.370 e. The smallest absolute Gasteiger partial charge is 0.180 e. The minimum Gasteiger partial charge on any atom is -0.370 e. The summed E-state index contributed by atoms with van der Waals surface area (Å²) in [4.78, 5) is 13.9. The third kappa shape index (κ3) is 3.03. The number of Topliss-reactive ketones (excluding diaryl/α,β-unsaturated/α-hetero) is 1. The number of piperidine rings is 1. The van der Waals surface area contributed by atoms with E-state index in [1.54, 1.807) is 26.0 Å². The van der Waals surface area contributed by atoms with E-state index >= 15 is 0 Å². The first-order chi connectivity index (χ1) is 9.45. The molecule has 0 atom stereocenters. The third-order valence-corrected chi connectivity index (χ3v) is 5.77. The molecule has 0 unspecified atom stereocenters. The molecule has 0 spiro atoms. The normalized spacial score (nSPS) is 17.2. The Morgan fingerprint density at radius 1 is 1.25 bits per heavy atom. The average molecular weight is 295 g/mol. The van der Waals surface area contributed by atoms with Crippen LogP contribution in [0.25, 0.3) is 0 Å². The summed E-state index contributed by atoms with van der Waals surface area (Å²) in [7, 11) is -3.22. The van der Waals surface area contributed by atoms with Crippen molar-refractivity contribution in [1.29, 1.82) is 0 Å². The summed E-state index contributed by atoms with van der Waals surface area (Å²) in [6.07, 6.45) is 1.60. The molecule has 1 saturated heterocycles. The second kappa shape index (κ2) is 5.95. The second-order valence-corrected chi connectivity index (χ2v) is 7.49.